The lowest BCUT2D eigenvalue weighted by atomic mass is 10.0. The van der Waals surface area contributed by atoms with Crippen molar-refractivity contribution < 1.29 is 18.6 Å². The number of hydrogen-bond donors (Lipinski definition) is 1. The van der Waals surface area contributed by atoms with E-state index in [-0.39, 0.29) is 49.1 Å². The maximum atomic E-state index is 14.7. The summed E-state index contributed by atoms with van der Waals surface area (Å²) in [5, 5.41) is 14.9. The molecule has 246 valence electrons. The highest BCUT2D eigenvalue weighted by Gasteiger charge is 2.22. The second-order valence-electron chi connectivity index (χ2n) is 11.0. The molecule has 0 atom stereocenters. The van der Waals surface area contributed by atoms with E-state index in [9.17, 15) is 4.39 Å². The van der Waals surface area contributed by atoms with Gasteiger partial charge in [-0.15, -0.1) is 47.4 Å². The normalized spacial score (nSPS) is 13.4. The number of anilines is 1. The molecule has 3 aromatic carbocycles. The largest absolute Gasteiger partial charge is 0.497 e. The van der Waals surface area contributed by atoms with Crippen LogP contribution in [0, 0.1) is 5.82 Å². The zero-order valence-corrected chi connectivity index (χ0v) is 28.6. The van der Waals surface area contributed by atoms with Crippen molar-refractivity contribution in [2.45, 2.75) is 31.8 Å². The number of hydrogen-bond acceptors (Lipinski definition) is 8. The summed E-state index contributed by atoms with van der Waals surface area (Å²) < 4.78 is 31.1. The Bertz CT molecular complexity index is 1490. The molecule has 1 aromatic heterocycles. The van der Waals surface area contributed by atoms with Crippen molar-refractivity contribution >= 4 is 53.8 Å². The van der Waals surface area contributed by atoms with Crippen LogP contribution in [0.25, 0.3) is 22.0 Å². The third-order valence-electron chi connectivity index (χ3n) is 7.69. The van der Waals surface area contributed by atoms with Gasteiger partial charge in [-0.25, -0.2) is 4.39 Å². The van der Waals surface area contributed by atoms with Gasteiger partial charge in [0.05, 0.1) is 20.8 Å². The smallest absolute Gasteiger partial charge is 0.165 e. The van der Waals surface area contributed by atoms with Gasteiger partial charge in [-0.2, -0.15) is 0 Å². The summed E-state index contributed by atoms with van der Waals surface area (Å²) in [7, 11) is 7.36. The Hall–Kier alpha value is -3.08. The van der Waals surface area contributed by atoms with Gasteiger partial charge in [0.15, 0.2) is 17.4 Å². The Morgan fingerprint density at radius 1 is 0.867 bits per heavy atom. The lowest BCUT2D eigenvalue weighted by Gasteiger charge is -2.32. The highest BCUT2D eigenvalue weighted by atomic mass is 35.5. The number of methoxy groups -OCH3 is 2. The molecule has 1 aliphatic heterocycles. The molecule has 8 nitrogen and oxygen atoms in total. The average Bonchev–Trinajstić information content (AvgIpc) is 3.01. The predicted octanol–water partition coefficient (Wildman–Crippen LogP) is 7.13. The van der Waals surface area contributed by atoms with Crippen molar-refractivity contribution in [3.63, 3.8) is 0 Å². The first kappa shape index (κ1) is 38.1. The Labute approximate surface area is 283 Å². The molecule has 0 radical (unpaired) electrons. The van der Waals surface area contributed by atoms with Gasteiger partial charge in [-0.1, -0.05) is 6.07 Å². The van der Waals surface area contributed by atoms with Crippen LogP contribution in [-0.4, -0.2) is 80.6 Å². The number of fused-ring (bicyclic) bond motifs is 1. The second-order valence-corrected chi connectivity index (χ2v) is 11.0. The summed E-state index contributed by atoms with van der Waals surface area (Å²) in [5.41, 5.74) is 2.74. The molecule has 1 N–H and O–H groups in total. The standard InChI is InChI=1S/C33H40FN5O3.3ClH/c1-38(2)16-5-19-42-31-13-6-23(20-30(31)34)22-39-17-14-25(15-18-39)35-33-29-21-27(41-4)11-12-28(29)32(36-37-33)24-7-9-26(40-3)10-8-24;;;/h6-13,20-21,25H,5,14-19,22H2,1-4H3,(H,35,37);3*1H. The number of likely N-dealkylation sites (tertiary alicyclic amines) is 1. The molecular weight excluding hydrogens is 640 g/mol. The number of nitrogens with one attached hydrogen (secondary N) is 1. The number of ether oxygens (including phenoxy) is 3. The maximum Gasteiger partial charge on any atom is 0.165 e. The van der Waals surface area contributed by atoms with Gasteiger partial charge in [0.25, 0.3) is 0 Å². The SMILES string of the molecule is COc1ccc(-c2nnc(NC3CCN(Cc4ccc(OCCCN(C)C)c(F)c4)CC3)c3cc(OC)ccc23)cc1.Cl.Cl.Cl. The minimum Gasteiger partial charge on any atom is -0.497 e. The minimum absolute atomic E-state index is 0. The van der Waals surface area contributed by atoms with E-state index in [1.165, 1.54) is 0 Å². The fraction of sp³-hybridized carbons (Fsp3) is 0.394. The highest BCUT2D eigenvalue weighted by molar-refractivity contribution is 6.00. The van der Waals surface area contributed by atoms with Crippen LogP contribution in [0.4, 0.5) is 10.2 Å². The van der Waals surface area contributed by atoms with Crippen LogP contribution in [0.15, 0.2) is 60.7 Å². The number of piperidine rings is 1. The third kappa shape index (κ3) is 9.95. The van der Waals surface area contributed by atoms with Gasteiger partial charge in [0, 0.05) is 48.6 Å². The summed E-state index contributed by atoms with van der Waals surface area (Å²) in [6.07, 6.45) is 2.75. The van der Waals surface area contributed by atoms with E-state index in [0.717, 1.165) is 83.8 Å². The van der Waals surface area contributed by atoms with Crippen molar-refractivity contribution in [2.24, 2.45) is 0 Å². The quantitative estimate of drug-likeness (QED) is 0.158. The molecule has 0 saturated carbocycles. The van der Waals surface area contributed by atoms with Gasteiger partial charge in [-0.3, -0.25) is 4.90 Å². The van der Waals surface area contributed by atoms with Crippen molar-refractivity contribution in [3.05, 3.63) is 72.0 Å². The number of benzene rings is 3. The van der Waals surface area contributed by atoms with Gasteiger partial charge < -0.3 is 24.4 Å². The van der Waals surface area contributed by atoms with Crippen LogP contribution in [0.3, 0.4) is 0 Å². The van der Waals surface area contributed by atoms with E-state index in [0.29, 0.717) is 18.9 Å². The fourth-order valence-electron chi connectivity index (χ4n) is 5.34. The first-order chi connectivity index (χ1) is 20.4. The lowest BCUT2D eigenvalue weighted by Crippen LogP contribution is -2.38. The van der Waals surface area contributed by atoms with Crippen LogP contribution in [0.2, 0.25) is 0 Å². The van der Waals surface area contributed by atoms with E-state index in [2.05, 4.69) is 25.3 Å². The second kappa shape index (κ2) is 18.2. The van der Waals surface area contributed by atoms with Gasteiger partial charge >= 0.3 is 0 Å². The van der Waals surface area contributed by atoms with Gasteiger partial charge in [-0.05, 0) is 93.5 Å². The molecular formula is C33H43Cl3FN5O3. The molecule has 0 spiro atoms. The summed E-state index contributed by atoms with van der Waals surface area (Å²) in [4.78, 5) is 4.46. The molecule has 4 aromatic rings. The molecule has 0 aliphatic carbocycles. The molecule has 2 heterocycles. The summed E-state index contributed by atoms with van der Waals surface area (Å²) >= 11 is 0. The molecule has 0 unspecified atom stereocenters. The molecule has 1 saturated heterocycles. The van der Waals surface area contributed by atoms with Crippen molar-refractivity contribution in [3.8, 4) is 28.5 Å². The Balaban J connectivity index is 0.00000235. The average molecular weight is 683 g/mol. The number of halogens is 4. The Morgan fingerprint density at radius 3 is 2.20 bits per heavy atom. The van der Waals surface area contributed by atoms with E-state index in [4.69, 9.17) is 14.2 Å². The number of aromatic nitrogens is 2. The molecule has 1 fully saturated rings. The zero-order valence-electron chi connectivity index (χ0n) is 26.1. The monoisotopic (exact) mass is 681 g/mol. The summed E-state index contributed by atoms with van der Waals surface area (Å²) in [6.45, 7) is 3.94. The third-order valence-corrected chi connectivity index (χ3v) is 7.69. The van der Waals surface area contributed by atoms with Crippen molar-refractivity contribution in [1.29, 1.82) is 0 Å². The first-order valence-electron chi connectivity index (χ1n) is 14.5. The van der Waals surface area contributed by atoms with E-state index < -0.39 is 0 Å². The van der Waals surface area contributed by atoms with Crippen molar-refractivity contribution in [2.75, 3.05) is 59.9 Å². The van der Waals surface area contributed by atoms with E-state index in [1.54, 1.807) is 26.4 Å². The predicted molar refractivity (Wildman–Crippen MR) is 187 cm³/mol. The van der Waals surface area contributed by atoms with Crippen LogP contribution in [0.1, 0.15) is 24.8 Å². The Kier molecular flexibility index (Phi) is 15.4. The van der Waals surface area contributed by atoms with Gasteiger partial charge in [0.2, 0.25) is 0 Å². The van der Waals surface area contributed by atoms with Crippen molar-refractivity contribution in [1.82, 2.24) is 20.0 Å². The van der Waals surface area contributed by atoms with Gasteiger partial charge in [0.1, 0.15) is 17.2 Å². The number of nitrogens with zero attached hydrogens (tertiary/aromatic N) is 4. The van der Waals surface area contributed by atoms with Crippen LogP contribution < -0.4 is 19.5 Å². The highest BCUT2D eigenvalue weighted by Crippen LogP contribution is 2.34. The first-order valence-corrected chi connectivity index (χ1v) is 14.5. The molecule has 12 heteroatoms. The molecule has 45 heavy (non-hydrogen) atoms. The topological polar surface area (TPSA) is 72.0 Å². The Morgan fingerprint density at radius 2 is 1.56 bits per heavy atom. The van der Waals surface area contributed by atoms with E-state index >= 15 is 0 Å². The minimum atomic E-state index is -0.298. The fourth-order valence-corrected chi connectivity index (χ4v) is 5.34. The maximum absolute atomic E-state index is 14.7. The zero-order chi connectivity index (χ0) is 29.5. The summed E-state index contributed by atoms with van der Waals surface area (Å²) in [5.74, 6) is 2.34. The van der Waals surface area contributed by atoms with Crippen LogP contribution in [0.5, 0.6) is 17.2 Å². The molecule has 0 bridgehead atoms. The van der Waals surface area contributed by atoms with E-state index in [1.807, 2.05) is 62.6 Å². The van der Waals surface area contributed by atoms with Crippen LogP contribution >= 0.6 is 37.2 Å². The lowest BCUT2D eigenvalue weighted by molar-refractivity contribution is 0.210. The molecule has 0 amide bonds. The van der Waals surface area contributed by atoms with Crippen LogP contribution in [-0.2, 0) is 6.54 Å². The number of rotatable bonds is 12. The molecule has 5 rings (SSSR count). The molecule has 1 aliphatic rings. The summed E-state index contributed by atoms with van der Waals surface area (Å²) in [6, 6.07) is 19.4.